The molecule has 1 fully saturated rings. The second-order valence-electron chi connectivity index (χ2n) is 6.03. The fourth-order valence-electron chi connectivity index (χ4n) is 2.89. The molecule has 132 valence electrons. The lowest BCUT2D eigenvalue weighted by Crippen LogP contribution is -2.38. The van der Waals surface area contributed by atoms with E-state index >= 15 is 0 Å². The number of halogens is 1. The van der Waals surface area contributed by atoms with E-state index < -0.39 is 21.7 Å². The second-order valence-corrected chi connectivity index (χ2v) is 8.04. The van der Waals surface area contributed by atoms with E-state index in [-0.39, 0.29) is 11.4 Å². The average Bonchev–Trinajstić information content (AvgIpc) is 2.57. The molecule has 2 aromatic carbocycles. The lowest BCUT2D eigenvalue weighted by molar-refractivity contribution is 0.102. The van der Waals surface area contributed by atoms with Crippen LogP contribution in [0.25, 0.3) is 0 Å². The third-order valence-electron chi connectivity index (χ3n) is 4.20. The second kappa shape index (κ2) is 6.84. The maximum atomic E-state index is 13.6. The van der Waals surface area contributed by atoms with Crippen LogP contribution in [0.2, 0.25) is 0 Å². The van der Waals surface area contributed by atoms with Crippen molar-refractivity contribution in [1.29, 1.82) is 0 Å². The number of rotatable bonds is 3. The summed E-state index contributed by atoms with van der Waals surface area (Å²) in [6.07, 6.45) is 1.48. The number of para-hydroxylation sites is 1. The van der Waals surface area contributed by atoms with Crippen molar-refractivity contribution in [2.45, 2.75) is 19.8 Å². The van der Waals surface area contributed by atoms with Crippen LogP contribution in [0.15, 0.2) is 42.5 Å². The summed E-state index contributed by atoms with van der Waals surface area (Å²) in [6.45, 7) is 2.21. The van der Waals surface area contributed by atoms with Crippen molar-refractivity contribution in [1.82, 2.24) is 0 Å². The van der Waals surface area contributed by atoms with E-state index in [1.54, 1.807) is 37.3 Å². The van der Waals surface area contributed by atoms with Gasteiger partial charge in [-0.05, 0) is 55.7 Å². The quantitative estimate of drug-likeness (QED) is 0.911. The molecule has 0 radical (unpaired) electrons. The van der Waals surface area contributed by atoms with E-state index in [1.165, 1.54) is 16.4 Å². The highest BCUT2D eigenvalue weighted by Crippen LogP contribution is 2.28. The molecular weight excluding hydrogens is 343 g/mol. The number of sulfonamides is 1. The fraction of sp³-hybridized carbons (Fsp3) is 0.278. The molecule has 0 spiro atoms. The predicted molar refractivity (Wildman–Crippen MR) is 95.9 cm³/mol. The Hall–Kier alpha value is -2.41. The molecule has 0 aliphatic carbocycles. The van der Waals surface area contributed by atoms with Gasteiger partial charge in [-0.3, -0.25) is 9.10 Å². The van der Waals surface area contributed by atoms with E-state index in [1.807, 2.05) is 0 Å². The van der Waals surface area contributed by atoms with Gasteiger partial charge >= 0.3 is 0 Å². The van der Waals surface area contributed by atoms with Crippen molar-refractivity contribution in [2.75, 3.05) is 21.9 Å². The summed E-state index contributed by atoms with van der Waals surface area (Å²) >= 11 is 0. The first-order chi connectivity index (χ1) is 11.9. The number of carbonyl (C=O) groups excluding carboxylic acids is 1. The van der Waals surface area contributed by atoms with Gasteiger partial charge in [0, 0.05) is 12.1 Å². The predicted octanol–water partition coefficient (Wildman–Crippen LogP) is 3.32. The monoisotopic (exact) mass is 362 g/mol. The van der Waals surface area contributed by atoms with Crippen molar-refractivity contribution < 1.29 is 17.6 Å². The zero-order chi connectivity index (χ0) is 18.0. The van der Waals surface area contributed by atoms with Gasteiger partial charge in [-0.25, -0.2) is 12.8 Å². The smallest absolute Gasteiger partial charge is 0.255 e. The molecule has 1 heterocycles. The van der Waals surface area contributed by atoms with Crippen LogP contribution in [0.5, 0.6) is 0 Å². The van der Waals surface area contributed by atoms with Crippen LogP contribution in [0.1, 0.15) is 28.8 Å². The molecule has 1 amide bonds. The van der Waals surface area contributed by atoms with Crippen molar-refractivity contribution in [3.8, 4) is 0 Å². The lowest BCUT2D eigenvalue weighted by atomic mass is 10.1. The molecule has 1 aliphatic rings. The van der Waals surface area contributed by atoms with Gasteiger partial charge in [0.1, 0.15) is 5.82 Å². The average molecular weight is 362 g/mol. The van der Waals surface area contributed by atoms with Gasteiger partial charge in [-0.1, -0.05) is 12.1 Å². The minimum atomic E-state index is -3.30. The zero-order valence-corrected chi connectivity index (χ0v) is 14.6. The molecule has 2 aromatic rings. The third-order valence-corrected chi connectivity index (χ3v) is 6.05. The first-order valence-corrected chi connectivity index (χ1v) is 9.66. The molecule has 7 heteroatoms. The highest BCUT2D eigenvalue weighted by Gasteiger charge is 2.27. The summed E-state index contributed by atoms with van der Waals surface area (Å²) in [5, 5.41) is 2.52. The third kappa shape index (κ3) is 3.66. The van der Waals surface area contributed by atoms with Crippen LogP contribution in [-0.4, -0.2) is 26.6 Å². The maximum absolute atomic E-state index is 13.6. The molecular formula is C18H19FN2O3S. The van der Waals surface area contributed by atoms with Crippen molar-refractivity contribution >= 4 is 27.3 Å². The van der Waals surface area contributed by atoms with Gasteiger partial charge in [-0.2, -0.15) is 0 Å². The summed E-state index contributed by atoms with van der Waals surface area (Å²) in [6, 6.07) is 10.7. The fourth-order valence-corrected chi connectivity index (χ4v) is 4.59. The molecule has 0 unspecified atom stereocenters. The van der Waals surface area contributed by atoms with Gasteiger partial charge in [0.15, 0.2) is 0 Å². The van der Waals surface area contributed by atoms with Crippen LogP contribution in [0.3, 0.4) is 0 Å². The Morgan fingerprint density at radius 2 is 1.92 bits per heavy atom. The molecule has 5 nitrogen and oxygen atoms in total. The number of nitrogens with one attached hydrogen (secondary N) is 1. The van der Waals surface area contributed by atoms with Crippen molar-refractivity contribution in [2.24, 2.45) is 0 Å². The first kappa shape index (κ1) is 17.4. The molecule has 1 saturated heterocycles. The largest absolute Gasteiger partial charge is 0.319 e. The highest BCUT2D eigenvalue weighted by molar-refractivity contribution is 7.92. The summed E-state index contributed by atoms with van der Waals surface area (Å²) in [5.74, 6) is -0.813. The van der Waals surface area contributed by atoms with Crippen molar-refractivity contribution in [3.05, 3.63) is 59.4 Å². The number of carbonyl (C=O) groups is 1. The Bertz CT molecular complexity index is 912. The number of nitrogens with zero attached hydrogens (tertiary/aromatic N) is 1. The van der Waals surface area contributed by atoms with Gasteiger partial charge in [0.25, 0.3) is 5.91 Å². The SMILES string of the molecule is Cc1cc(C(=O)Nc2ccccc2F)ccc1N1CCCCS1(=O)=O. The minimum Gasteiger partial charge on any atom is -0.319 e. The van der Waals surface area contributed by atoms with E-state index in [0.717, 1.165) is 6.42 Å². The molecule has 0 aromatic heterocycles. The molecule has 0 atom stereocenters. The molecule has 1 N–H and O–H groups in total. The van der Waals surface area contributed by atoms with E-state index in [9.17, 15) is 17.6 Å². The number of hydrogen-bond donors (Lipinski definition) is 1. The lowest BCUT2D eigenvalue weighted by Gasteiger charge is -2.29. The number of amides is 1. The standard InChI is InChI=1S/C18H19FN2O3S/c1-13-12-14(18(22)20-16-7-3-2-6-15(16)19)8-9-17(13)21-10-4-5-11-25(21,23)24/h2-3,6-9,12H,4-5,10-11H2,1H3,(H,20,22). The van der Waals surface area contributed by atoms with Crippen LogP contribution in [0, 0.1) is 12.7 Å². The van der Waals surface area contributed by atoms with Gasteiger partial charge in [0.05, 0.1) is 17.1 Å². The van der Waals surface area contributed by atoms with Gasteiger partial charge in [-0.15, -0.1) is 0 Å². The number of hydrogen-bond acceptors (Lipinski definition) is 3. The summed E-state index contributed by atoms with van der Waals surface area (Å²) in [5.41, 5.74) is 1.72. The zero-order valence-electron chi connectivity index (χ0n) is 13.8. The Morgan fingerprint density at radius 1 is 1.16 bits per heavy atom. The van der Waals surface area contributed by atoms with Crippen LogP contribution in [0.4, 0.5) is 15.8 Å². The Balaban J connectivity index is 1.84. The molecule has 0 saturated carbocycles. The van der Waals surface area contributed by atoms with Crippen LogP contribution in [-0.2, 0) is 10.0 Å². The van der Waals surface area contributed by atoms with E-state index in [0.29, 0.717) is 29.8 Å². The Morgan fingerprint density at radius 3 is 2.60 bits per heavy atom. The molecule has 0 bridgehead atoms. The Labute approximate surface area is 146 Å². The summed E-state index contributed by atoms with van der Waals surface area (Å²) < 4.78 is 39.5. The van der Waals surface area contributed by atoms with E-state index in [4.69, 9.17) is 0 Å². The topological polar surface area (TPSA) is 66.5 Å². The number of anilines is 2. The highest BCUT2D eigenvalue weighted by atomic mass is 32.2. The normalized spacial score (nSPS) is 16.5. The van der Waals surface area contributed by atoms with E-state index in [2.05, 4.69) is 5.32 Å². The molecule has 3 rings (SSSR count). The maximum Gasteiger partial charge on any atom is 0.255 e. The van der Waals surface area contributed by atoms with Crippen LogP contribution < -0.4 is 9.62 Å². The Kier molecular flexibility index (Phi) is 4.76. The van der Waals surface area contributed by atoms with Crippen LogP contribution >= 0.6 is 0 Å². The first-order valence-electron chi connectivity index (χ1n) is 8.05. The number of aryl methyl sites for hydroxylation is 1. The van der Waals surface area contributed by atoms with Gasteiger partial charge in [0.2, 0.25) is 10.0 Å². The summed E-state index contributed by atoms with van der Waals surface area (Å²) in [7, 11) is -3.30. The molecule has 25 heavy (non-hydrogen) atoms. The number of benzene rings is 2. The minimum absolute atomic E-state index is 0.104. The van der Waals surface area contributed by atoms with Crippen molar-refractivity contribution in [3.63, 3.8) is 0 Å². The summed E-state index contributed by atoms with van der Waals surface area (Å²) in [4.78, 5) is 12.3. The van der Waals surface area contributed by atoms with Gasteiger partial charge < -0.3 is 5.32 Å². The molecule has 1 aliphatic heterocycles.